The predicted octanol–water partition coefficient (Wildman–Crippen LogP) is 1.94. The molecule has 1 fully saturated rings. The standard InChI is InChI=1S/C12H21ClN4/c13-6-3-5-12-11-17(15-14-12)10-4-9-16-7-1-2-8-16/h11H,1-10H2. The van der Waals surface area contributed by atoms with Gasteiger partial charge in [-0.05, 0) is 51.7 Å². The Balaban J connectivity index is 1.65. The molecule has 4 nitrogen and oxygen atoms in total. The molecule has 5 heteroatoms. The van der Waals surface area contributed by atoms with Gasteiger partial charge in [0.2, 0.25) is 0 Å². The molecule has 0 unspecified atom stereocenters. The molecule has 0 atom stereocenters. The number of aryl methyl sites for hydroxylation is 2. The molecule has 0 saturated carbocycles. The molecule has 0 N–H and O–H groups in total. The van der Waals surface area contributed by atoms with Gasteiger partial charge in [0, 0.05) is 18.6 Å². The number of rotatable bonds is 7. The summed E-state index contributed by atoms with van der Waals surface area (Å²) < 4.78 is 1.96. The molecule has 1 saturated heterocycles. The van der Waals surface area contributed by atoms with E-state index >= 15 is 0 Å². The van der Waals surface area contributed by atoms with Crippen LogP contribution in [-0.2, 0) is 13.0 Å². The van der Waals surface area contributed by atoms with Crippen LogP contribution >= 0.6 is 11.6 Å². The summed E-state index contributed by atoms with van der Waals surface area (Å²) in [4.78, 5) is 2.53. The van der Waals surface area contributed by atoms with Crippen LogP contribution in [0.2, 0.25) is 0 Å². The summed E-state index contributed by atoms with van der Waals surface area (Å²) in [5.74, 6) is 0.696. The van der Waals surface area contributed by atoms with E-state index in [4.69, 9.17) is 11.6 Å². The summed E-state index contributed by atoms with van der Waals surface area (Å²) in [5, 5.41) is 8.28. The molecule has 2 rings (SSSR count). The quantitative estimate of drug-likeness (QED) is 0.699. The first-order valence-electron chi connectivity index (χ1n) is 6.56. The van der Waals surface area contributed by atoms with Gasteiger partial charge in [-0.3, -0.25) is 4.68 Å². The van der Waals surface area contributed by atoms with Gasteiger partial charge in [0.1, 0.15) is 0 Å². The SMILES string of the molecule is ClCCCc1cn(CCCN2CCCC2)nn1. The maximum Gasteiger partial charge on any atom is 0.0827 e. The van der Waals surface area contributed by atoms with Crippen LogP contribution in [0.5, 0.6) is 0 Å². The predicted molar refractivity (Wildman–Crippen MR) is 69.4 cm³/mol. The number of likely N-dealkylation sites (tertiary alicyclic amines) is 1. The molecule has 0 aromatic carbocycles. The largest absolute Gasteiger partial charge is 0.303 e. The molecule has 0 radical (unpaired) electrons. The fourth-order valence-corrected chi connectivity index (χ4v) is 2.41. The first-order valence-corrected chi connectivity index (χ1v) is 7.09. The topological polar surface area (TPSA) is 34.0 Å². The van der Waals surface area contributed by atoms with Crippen molar-refractivity contribution in [3.63, 3.8) is 0 Å². The summed E-state index contributed by atoms with van der Waals surface area (Å²) in [6, 6.07) is 0. The molecule has 17 heavy (non-hydrogen) atoms. The Bertz CT molecular complexity index is 320. The van der Waals surface area contributed by atoms with Crippen molar-refractivity contribution < 1.29 is 0 Å². The minimum Gasteiger partial charge on any atom is -0.303 e. The molecule has 1 aromatic rings. The Labute approximate surface area is 108 Å². The van der Waals surface area contributed by atoms with Gasteiger partial charge in [0.05, 0.1) is 5.69 Å². The van der Waals surface area contributed by atoms with Crippen LogP contribution in [0.25, 0.3) is 0 Å². The van der Waals surface area contributed by atoms with Crippen molar-refractivity contribution in [2.75, 3.05) is 25.5 Å². The van der Waals surface area contributed by atoms with E-state index in [0.717, 1.165) is 31.5 Å². The molecule has 0 spiro atoms. The first kappa shape index (κ1) is 12.8. The smallest absolute Gasteiger partial charge is 0.0827 e. The van der Waals surface area contributed by atoms with Crippen LogP contribution in [0.15, 0.2) is 6.20 Å². The van der Waals surface area contributed by atoms with Crippen LogP contribution in [0.4, 0.5) is 0 Å². The van der Waals surface area contributed by atoms with Gasteiger partial charge in [0.15, 0.2) is 0 Å². The lowest BCUT2D eigenvalue weighted by Gasteiger charge is -2.13. The summed E-state index contributed by atoms with van der Waals surface area (Å²) in [6.45, 7) is 4.72. The van der Waals surface area contributed by atoms with E-state index in [-0.39, 0.29) is 0 Å². The van der Waals surface area contributed by atoms with Gasteiger partial charge in [-0.25, -0.2) is 0 Å². The average Bonchev–Trinajstić information content (AvgIpc) is 2.98. The molecule has 0 aliphatic carbocycles. The van der Waals surface area contributed by atoms with Gasteiger partial charge in [-0.2, -0.15) is 0 Å². The number of aromatic nitrogens is 3. The summed E-state index contributed by atoms with van der Waals surface area (Å²) in [7, 11) is 0. The minimum atomic E-state index is 0.696. The van der Waals surface area contributed by atoms with Gasteiger partial charge in [-0.15, -0.1) is 16.7 Å². The van der Waals surface area contributed by atoms with E-state index in [1.807, 2.05) is 4.68 Å². The molecule has 2 heterocycles. The molecule has 1 aliphatic rings. The maximum absolute atomic E-state index is 5.65. The fourth-order valence-electron chi connectivity index (χ4n) is 2.27. The second-order valence-corrected chi connectivity index (χ2v) is 5.05. The van der Waals surface area contributed by atoms with Crippen LogP contribution < -0.4 is 0 Å². The lowest BCUT2D eigenvalue weighted by atomic mass is 10.3. The Kier molecular flexibility index (Phi) is 5.26. The van der Waals surface area contributed by atoms with Gasteiger partial charge in [0.25, 0.3) is 0 Å². The number of hydrogen-bond acceptors (Lipinski definition) is 3. The van der Waals surface area contributed by atoms with E-state index in [1.165, 1.54) is 32.5 Å². The number of halogens is 1. The molecule has 0 bridgehead atoms. The highest BCUT2D eigenvalue weighted by Crippen LogP contribution is 2.08. The van der Waals surface area contributed by atoms with Gasteiger partial charge < -0.3 is 4.90 Å². The summed E-state index contributed by atoms with van der Waals surface area (Å²) in [6.07, 6.45) is 7.87. The van der Waals surface area contributed by atoms with Crippen LogP contribution in [0.1, 0.15) is 31.4 Å². The fraction of sp³-hybridized carbons (Fsp3) is 0.833. The molecule has 0 amide bonds. The second-order valence-electron chi connectivity index (χ2n) is 4.67. The molecular weight excluding hydrogens is 236 g/mol. The summed E-state index contributed by atoms with van der Waals surface area (Å²) in [5.41, 5.74) is 1.06. The van der Waals surface area contributed by atoms with Crippen molar-refractivity contribution >= 4 is 11.6 Å². The van der Waals surface area contributed by atoms with Crippen LogP contribution in [0, 0.1) is 0 Å². The maximum atomic E-state index is 5.65. The third kappa shape index (κ3) is 4.28. The zero-order valence-corrected chi connectivity index (χ0v) is 11.1. The number of hydrogen-bond donors (Lipinski definition) is 0. The van der Waals surface area contributed by atoms with Crippen molar-refractivity contribution in [1.29, 1.82) is 0 Å². The van der Waals surface area contributed by atoms with E-state index in [2.05, 4.69) is 21.4 Å². The van der Waals surface area contributed by atoms with Crippen LogP contribution in [0.3, 0.4) is 0 Å². The monoisotopic (exact) mass is 256 g/mol. The highest BCUT2D eigenvalue weighted by Gasteiger charge is 2.10. The average molecular weight is 257 g/mol. The van der Waals surface area contributed by atoms with Crippen molar-refractivity contribution in [3.8, 4) is 0 Å². The zero-order chi connectivity index (χ0) is 11.9. The Morgan fingerprint density at radius 1 is 1.18 bits per heavy atom. The van der Waals surface area contributed by atoms with Crippen molar-refractivity contribution in [3.05, 3.63) is 11.9 Å². The molecule has 96 valence electrons. The highest BCUT2D eigenvalue weighted by atomic mass is 35.5. The van der Waals surface area contributed by atoms with Crippen molar-refractivity contribution in [2.45, 2.75) is 38.6 Å². The van der Waals surface area contributed by atoms with E-state index in [1.54, 1.807) is 0 Å². The summed E-state index contributed by atoms with van der Waals surface area (Å²) >= 11 is 5.65. The third-order valence-corrected chi connectivity index (χ3v) is 3.48. The van der Waals surface area contributed by atoms with Crippen molar-refractivity contribution in [2.24, 2.45) is 0 Å². The number of alkyl halides is 1. The number of nitrogens with zero attached hydrogens (tertiary/aromatic N) is 4. The first-order chi connectivity index (χ1) is 8.38. The Hall–Kier alpha value is -0.610. The third-order valence-electron chi connectivity index (χ3n) is 3.21. The van der Waals surface area contributed by atoms with Gasteiger partial charge >= 0.3 is 0 Å². The lowest BCUT2D eigenvalue weighted by Crippen LogP contribution is -2.21. The molecule has 1 aromatic heterocycles. The van der Waals surface area contributed by atoms with Gasteiger partial charge in [-0.1, -0.05) is 5.21 Å². The molecular formula is C12H21ClN4. The zero-order valence-electron chi connectivity index (χ0n) is 10.3. The Morgan fingerprint density at radius 3 is 2.76 bits per heavy atom. The van der Waals surface area contributed by atoms with E-state index in [0.29, 0.717) is 5.88 Å². The van der Waals surface area contributed by atoms with Crippen molar-refractivity contribution in [1.82, 2.24) is 19.9 Å². The van der Waals surface area contributed by atoms with Crippen LogP contribution in [-0.4, -0.2) is 45.4 Å². The normalized spacial score (nSPS) is 16.8. The lowest BCUT2D eigenvalue weighted by molar-refractivity contribution is 0.321. The minimum absolute atomic E-state index is 0.696. The van der Waals surface area contributed by atoms with E-state index in [9.17, 15) is 0 Å². The highest BCUT2D eigenvalue weighted by molar-refractivity contribution is 6.17. The second kappa shape index (κ2) is 6.97. The molecule has 1 aliphatic heterocycles. The van der Waals surface area contributed by atoms with E-state index < -0.39 is 0 Å². The Morgan fingerprint density at radius 2 is 2.00 bits per heavy atom.